The molecule has 0 aliphatic rings. The van der Waals surface area contributed by atoms with Crippen molar-refractivity contribution in [3.8, 4) is 34.2 Å². The minimum atomic E-state index is -0.556. The van der Waals surface area contributed by atoms with Crippen molar-refractivity contribution in [1.82, 2.24) is 15.0 Å². The average molecular weight is 526 g/mol. The molecular weight excluding hydrogens is 508 g/mol. The molecule has 0 saturated carbocycles. The highest BCUT2D eigenvalue weighted by Gasteiger charge is 2.21. The van der Waals surface area contributed by atoms with Crippen molar-refractivity contribution in [3.05, 3.63) is 115 Å². The van der Waals surface area contributed by atoms with E-state index in [0.717, 1.165) is 21.5 Å². The number of furan rings is 2. The van der Waals surface area contributed by atoms with Gasteiger partial charge in [-0.05, 0) is 24.3 Å². The maximum absolute atomic E-state index is 15.6. The minimum absolute atomic E-state index is 0.0880. The molecule has 5 aromatic carbocycles. The summed E-state index contributed by atoms with van der Waals surface area (Å²) in [5, 5.41) is 3.15. The van der Waals surface area contributed by atoms with Gasteiger partial charge in [0.1, 0.15) is 34.0 Å². The van der Waals surface area contributed by atoms with Gasteiger partial charge in [0, 0.05) is 39.2 Å². The highest BCUT2D eigenvalue weighted by atomic mass is 19.1. The van der Waals surface area contributed by atoms with Gasteiger partial charge in [-0.3, -0.25) is 0 Å². The van der Waals surface area contributed by atoms with Crippen molar-refractivity contribution < 1.29 is 17.6 Å². The predicted octanol–water partition coefficient (Wildman–Crippen LogP) is 8.95. The first-order valence-electron chi connectivity index (χ1n) is 12.7. The van der Waals surface area contributed by atoms with E-state index in [2.05, 4.69) is 15.0 Å². The van der Waals surface area contributed by atoms with Crippen LogP contribution in [0.25, 0.3) is 78.0 Å². The molecule has 0 amide bonds. The van der Waals surface area contributed by atoms with Crippen LogP contribution in [0.1, 0.15) is 0 Å². The van der Waals surface area contributed by atoms with E-state index in [1.807, 2.05) is 78.9 Å². The number of nitrogens with zero attached hydrogens (tertiary/aromatic N) is 3. The Labute approximate surface area is 225 Å². The van der Waals surface area contributed by atoms with Crippen molar-refractivity contribution in [2.45, 2.75) is 0 Å². The molecule has 190 valence electrons. The molecule has 0 spiro atoms. The van der Waals surface area contributed by atoms with Crippen LogP contribution in [0, 0.1) is 11.6 Å². The summed E-state index contributed by atoms with van der Waals surface area (Å²) in [6.45, 7) is 0. The number of benzene rings is 5. The van der Waals surface area contributed by atoms with E-state index in [1.165, 1.54) is 12.1 Å². The van der Waals surface area contributed by atoms with Crippen LogP contribution in [-0.4, -0.2) is 15.0 Å². The molecule has 0 atom stereocenters. The van der Waals surface area contributed by atoms with Gasteiger partial charge in [-0.25, -0.2) is 23.7 Å². The van der Waals surface area contributed by atoms with E-state index in [4.69, 9.17) is 8.83 Å². The summed E-state index contributed by atoms with van der Waals surface area (Å²) >= 11 is 0. The van der Waals surface area contributed by atoms with Crippen LogP contribution in [0.4, 0.5) is 8.78 Å². The molecule has 8 aromatic rings. The van der Waals surface area contributed by atoms with Crippen LogP contribution in [0.3, 0.4) is 0 Å². The molecule has 3 aromatic heterocycles. The summed E-state index contributed by atoms with van der Waals surface area (Å²) in [6, 6.07) is 30.3. The largest absolute Gasteiger partial charge is 0.456 e. The first-order chi connectivity index (χ1) is 19.6. The molecule has 0 radical (unpaired) electrons. The van der Waals surface area contributed by atoms with Gasteiger partial charge in [0.15, 0.2) is 17.5 Å². The molecule has 0 bridgehead atoms. The molecule has 0 unspecified atom stereocenters. The van der Waals surface area contributed by atoms with Gasteiger partial charge in [-0.15, -0.1) is 0 Å². The molecule has 40 heavy (non-hydrogen) atoms. The fourth-order valence-electron chi connectivity index (χ4n) is 5.17. The number of para-hydroxylation sites is 2. The molecule has 0 aliphatic carbocycles. The second-order valence-electron chi connectivity index (χ2n) is 9.53. The predicted molar refractivity (Wildman–Crippen MR) is 151 cm³/mol. The highest BCUT2D eigenvalue weighted by Crippen LogP contribution is 2.36. The number of halogens is 2. The lowest BCUT2D eigenvalue weighted by Crippen LogP contribution is -2.02. The zero-order valence-electron chi connectivity index (χ0n) is 20.7. The number of fused-ring (bicyclic) bond motifs is 6. The third kappa shape index (κ3) is 3.48. The van der Waals surface area contributed by atoms with Crippen LogP contribution in [0.15, 0.2) is 112 Å². The van der Waals surface area contributed by atoms with Crippen molar-refractivity contribution in [3.63, 3.8) is 0 Å². The zero-order chi connectivity index (χ0) is 26.8. The molecule has 0 N–H and O–H groups in total. The fraction of sp³-hybridized carbons (Fsp3) is 0. The highest BCUT2D eigenvalue weighted by molar-refractivity contribution is 6.07. The lowest BCUT2D eigenvalue weighted by molar-refractivity contribution is 0.619. The van der Waals surface area contributed by atoms with E-state index < -0.39 is 11.6 Å². The quantitative estimate of drug-likeness (QED) is 0.230. The summed E-state index contributed by atoms with van der Waals surface area (Å²) in [4.78, 5) is 13.9. The van der Waals surface area contributed by atoms with Crippen LogP contribution >= 0.6 is 0 Å². The summed E-state index contributed by atoms with van der Waals surface area (Å²) < 4.78 is 42.8. The number of hydrogen-bond acceptors (Lipinski definition) is 5. The van der Waals surface area contributed by atoms with Gasteiger partial charge >= 0.3 is 0 Å². The molecule has 5 nitrogen and oxygen atoms in total. The Hall–Kier alpha value is -5.43. The lowest BCUT2D eigenvalue weighted by atomic mass is 10.1. The second kappa shape index (κ2) is 8.54. The summed E-state index contributed by atoms with van der Waals surface area (Å²) in [5.74, 6) is -0.636. The van der Waals surface area contributed by atoms with E-state index >= 15 is 8.78 Å². The van der Waals surface area contributed by atoms with Gasteiger partial charge < -0.3 is 8.83 Å². The summed E-state index contributed by atoms with van der Waals surface area (Å²) in [6.07, 6.45) is 0. The molecule has 3 heterocycles. The molecule has 0 fully saturated rings. The topological polar surface area (TPSA) is 65.0 Å². The Morgan fingerprint density at radius 3 is 1.40 bits per heavy atom. The monoisotopic (exact) mass is 525 g/mol. The van der Waals surface area contributed by atoms with Crippen molar-refractivity contribution >= 4 is 43.9 Å². The minimum Gasteiger partial charge on any atom is -0.456 e. The van der Waals surface area contributed by atoms with Crippen LogP contribution in [-0.2, 0) is 0 Å². The van der Waals surface area contributed by atoms with Crippen LogP contribution < -0.4 is 0 Å². The number of hydrogen-bond donors (Lipinski definition) is 0. The molecule has 7 heteroatoms. The summed E-state index contributed by atoms with van der Waals surface area (Å²) in [5.41, 5.74) is 3.16. The van der Waals surface area contributed by atoms with Gasteiger partial charge in [-0.1, -0.05) is 66.7 Å². The van der Waals surface area contributed by atoms with Crippen LogP contribution in [0.5, 0.6) is 0 Å². The normalized spacial score (nSPS) is 11.8. The third-order valence-electron chi connectivity index (χ3n) is 7.08. The maximum Gasteiger partial charge on any atom is 0.167 e. The smallest absolute Gasteiger partial charge is 0.167 e. The van der Waals surface area contributed by atoms with Crippen molar-refractivity contribution in [2.24, 2.45) is 0 Å². The molecule has 0 aliphatic heterocycles. The van der Waals surface area contributed by atoms with Gasteiger partial charge in [0.05, 0.1) is 11.1 Å². The number of aromatic nitrogens is 3. The zero-order valence-corrected chi connectivity index (χ0v) is 20.7. The SMILES string of the molecule is Fc1cc2oc3ccccc3c2cc1-c1nc(-c2ccccc2)nc(-c2cc3c(cc2F)oc2ccccc23)n1. The fourth-order valence-corrected chi connectivity index (χ4v) is 5.17. The van der Waals surface area contributed by atoms with E-state index in [-0.39, 0.29) is 22.8 Å². The van der Waals surface area contributed by atoms with Crippen LogP contribution in [0.2, 0.25) is 0 Å². The first-order valence-corrected chi connectivity index (χ1v) is 12.7. The van der Waals surface area contributed by atoms with Gasteiger partial charge in [-0.2, -0.15) is 0 Å². The van der Waals surface area contributed by atoms with Crippen molar-refractivity contribution in [2.75, 3.05) is 0 Å². The first kappa shape index (κ1) is 22.5. The average Bonchev–Trinajstić information content (AvgIpc) is 3.53. The van der Waals surface area contributed by atoms with Gasteiger partial charge in [0.25, 0.3) is 0 Å². The molecular formula is C33H17F2N3O2. The Morgan fingerprint density at radius 2 is 0.875 bits per heavy atom. The molecule has 8 rings (SSSR count). The Balaban J connectivity index is 1.40. The van der Waals surface area contributed by atoms with Crippen molar-refractivity contribution in [1.29, 1.82) is 0 Å². The van der Waals surface area contributed by atoms with Gasteiger partial charge in [0.2, 0.25) is 0 Å². The van der Waals surface area contributed by atoms with E-state index in [0.29, 0.717) is 33.7 Å². The molecule has 0 saturated heterocycles. The Bertz CT molecular complexity index is 2120. The Kier molecular flexibility index (Phi) is 4.81. The standard InChI is InChI=1S/C33H17F2N3O2/c34-25-16-29-21(19-10-4-6-12-27(19)39-29)14-23(25)32-36-31(18-8-2-1-3-9-18)37-33(38-32)24-15-22-20-11-5-7-13-28(20)40-30(22)17-26(24)35/h1-17H. The van der Waals surface area contributed by atoms with E-state index in [1.54, 1.807) is 12.1 Å². The summed E-state index contributed by atoms with van der Waals surface area (Å²) in [7, 11) is 0. The lowest BCUT2D eigenvalue weighted by Gasteiger charge is -2.10. The number of rotatable bonds is 3. The Morgan fingerprint density at radius 1 is 0.425 bits per heavy atom. The second-order valence-corrected chi connectivity index (χ2v) is 9.53. The third-order valence-corrected chi connectivity index (χ3v) is 7.08. The maximum atomic E-state index is 15.6. The van der Waals surface area contributed by atoms with E-state index in [9.17, 15) is 0 Å².